The fraction of sp³-hybridized carbons (Fsp3) is 0.833. The molecule has 0 aliphatic carbocycles. The van der Waals surface area contributed by atoms with Gasteiger partial charge in [-0.3, -0.25) is 0 Å². The number of hydrogen-bond donors (Lipinski definition) is 0. The van der Waals surface area contributed by atoms with Crippen LogP contribution >= 0.6 is 19.8 Å². The summed E-state index contributed by atoms with van der Waals surface area (Å²) < 4.78 is 0. The van der Waals surface area contributed by atoms with Crippen molar-refractivity contribution >= 4 is 19.8 Å². The van der Waals surface area contributed by atoms with E-state index in [4.69, 9.17) is 0 Å². The normalized spacial score (nSPS) is 9.88. The summed E-state index contributed by atoms with van der Waals surface area (Å²) in [5.74, 6) is 0. The van der Waals surface area contributed by atoms with Crippen LogP contribution in [0.4, 0.5) is 0 Å². The molecule has 46 valence electrons. The molecule has 0 aromatic rings. The average molecular weight is 277 g/mol. The molecule has 0 fully saturated rings. The minimum atomic E-state index is 0.417. The zero-order chi connectivity index (χ0) is 7.21. The van der Waals surface area contributed by atoms with Crippen LogP contribution in [0.5, 0.6) is 0 Å². The van der Waals surface area contributed by atoms with E-state index in [0.717, 1.165) is 0 Å². The molecule has 0 N–H and O–H groups in total. The SMILES string of the molecule is C[CH-]C(C)(C)C.[Zn+][I]. The first-order chi connectivity index (χ1) is 3.56. The zero-order valence-corrected chi connectivity index (χ0v) is 11.3. The molecule has 0 atom stereocenters. The standard InChI is InChI=1S/C6H13.HI.Zn/c1-5-6(2,3)4;;/h5H,1-4H3;1H;/q-1;;+2/p-1. The molecule has 0 aromatic carbocycles. The third-order valence-electron chi connectivity index (χ3n) is 0.866. The number of rotatable bonds is 0. The van der Waals surface area contributed by atoms with Crippen molar-refractivity contribution in [3.8, 4) is 0 Å². The van der Waals surface area contributed by atoms with Gasteiger partial charge in [0, 0.05) is 0 Å². The predicted octanol–water partition coefficient (Wildman–Crippen LogP) is 3.14. The Morgan fingerprint density at radius 2 is 1.38 bits per heavy atom. The van der Waals surface area contributed by atoms with Gasteiger partial charge in [-0.2, -0.15) is 12.3 Å². The van der Waals surface area contributed by atoms with E-state index in [9.17, 15) is 0 Å². The fourth-order valence-corrected chi connectivity index (χ4v) is 0. The monoisotopic (exact) mass is 276 g/mol. The zero-order valence-electron chi connectivity index (χ0n) is 6.16. The minimum absolute atomic E-state index is 0.417. The quantitative estimate of drug-likeness (QED) is 0.362. The fourth-order valence-electron chi connectivity index (χ4n) is 0. The molecule has 0 saturated carbocycles. The molecule has 0 heterocycles. The van der Waals surface area contributed by atoms with Crippen LogP contribution in [-0.2, 0) is 14.8 Å². The van der Waals surface area contributed by atoms with Crippen LogP contribution in [0.15, 0.2) is 0 Å². The molecule has 0 unspecified atom stereocenters. The Bertz CT molecular complexity index is 38.3. The van der Waals surface area contributed by atoms with Crippen molar-refractivity contribution in [2.75, 3.05) is 0 Å². The van der Waals surface area contributed by atoms with Gasteiger partial charge in [-0.15, -0.1) is 0 Å². The molecule has 0 spiro atoms. The number of hydrogen-bond acceptors (Lipinski definition) is 0. The summed E-state index contributed by atoms with van der Waals surface area (Å²) in [7, 11) is 0. The van der Waals surface area contributed by atoms with E-state index in [2.05, 4.69) is 53.9 Å². The van der Waals surface area contributed by atoms with Gasteiger partial charge in [-0.1, -0.05) is 20.8 Å². The average Bonchev–Trinajstić information content (AvgIpc) is 1.71. The summed E-state index contributed by atoms with van der Waals surface area (Å²) in [5.41, 5.74) is 0.417. The second-order valence-corrected chi connectivity index (χ2v) is 2.65. The van der Waals surface area contributed by atoms with Crippen LogP contribution in [0.3, 0.4) is 0 Å². The summed E-state index contributed by atoms with van der Waals surface area (Å²) >= 11 is 3.62. The van der Waals surface area contributed by atoms with E-state index in [1.165, 1.54) is 14.8 Å². The second-order valence-electron chi connectivity index (χ2n) is 2.65. The van der Waals surface area contributed by atoms with Crippen LogP contribution in [0, 0.1) is 11.8 Å². The Balaban J connectivity index is 0. The Morgan fingerprint density at radius 1 is 1.25 bits per heavy atom. The van der Waals surface area contributed by atoms with E-state index in [1.807, 2.05) is 0 Å². The summed E-state index contributed by atoms with van der Waals surface area (Å²) in [5, 5.41) is 0. The maximum absolute atomic E-state index is 2.28. The molecule has 0 nitrogen and oxygen atoms in total. The Morgan fingerprint density at radius 3 is 1.38 bits per heavy atom. The van der Waals surface area contributed by atoms with E-state index in [-0.39, 0.29) is 0 Å². The van der Waals surface area contributed by atoms with Gasteiger partial charge in [0.15, 0.2) is 0 Å². The molecule has 0 bridgehead atoms. The van der Waals surface area contributed by atoms with Gasteiger partial charge in [-0.05, 0) is 0 Å². The van der Waals surface area contributed by atoms with E-state index in [0.29, 0.717) is 5.41 Å². The first-order valence-corrected chi connectivity index (χ1v) is 11.7. The van der Waals surface area contributed by atoms with Crippen LogP contribution in [0.25, 0.3) is 0 Å². The van der Waals surface area contributed by atoms with E-state index >= 15 is 0 Å². The molecule has 8 heavy (non-hydrogen) atoms. The molecule has 0 saturated heterocycles. The van der Waals surface area contributed by atoms with Crippen LogP contribution in [0.1, 0.15) is 27.7 Å². The summed E-state index contributed by atoms with van der Waals surface area (Å²) in [6.07, 6.45) is 2.19. The van der Waals surface area contributed by atoms with Gasteiger partial charge in [0.1, 0.15) is 0 Å². The molecule has 0 aromatic heterocycles. The van der Waals surface area contributed by atoms with Crippen molar-refractivity contribution in [2.45, 2.75) is 27.7 Å². The molecule has 0 rings (SSSR count). The van der Waals surface area contributed by atoms with Gasteiger partial charge in [0.2, 0.25) is 0 Å². The van der Waals surface area contributed by atoms with Gasteiger partial charge < -0.3 is 6.42 Å². The van der Waals surface area contributed by atoms with Crippen molar-refractivity contribution in [1.82, 2.24) is 0 Å². The van der Waals surface area contributed by atoms with Gasteiger partial charge in [0.05, 0.1) is 0 Å². The van der Waals surface area contributed by atoms with Crippen LogP contribution < -0.4 is 0 Å². The summed E-state index contributed by atoms with van der Waals surface area (Å²) in [4.78, 5) is 0. The number of halogens is 1. The molecule has 0 radical (unpaired) electrons. The Hall–Kier alpha value is 1.35. The summed E-state index contributed by atoms with van der Waals surface area (Å²) in [6.45, 7) is 8.65. The van der Waals surface area contributed by atoms with Crippen molar-refractivity contribution in [2.24, 2.45) is 5.41 Å². The van der Waals surface area contributed by atoms with Gasteiger partial charge in [-0.25, -0.2) is 0 Å². The van der Waals surface area contributed by atoms with Crippen molar-refractivity contribution in [3.63, 3.8) is 0 Å². The third-order valence-corrected chi connectivity index (χ3v) is 0.866. The van der Waals surface area contributed by atoms with E-state index in [1.54, 1.807) is 0 Å². The van der Waals surface area contributed by atoms with Crippen molar-refractivity contribution < 1.29 is 14.8 Å². The van der Waals surface area contributed by atoms with Crippen LogP contribution in [-0.4, -0.2) is 0 Å². The molecular weight excluding hydrogens is 264 g/mol. The maximum atomic E-state index is 2.28. The second kappa shape index (κ2) is 6.47. The topological polar surface area (TPSA) is 0 Å². The van der Waals surface area contributed by atoms with Crippen molar-refractivity contribution in [3.05, 3.63) is 6.42 Å². The Kier molecular flexibility index (Phi) is 9.77. The first-order valence-electron chi connectivity index (χ1n) is 2.63. The van der Waals surface area contributed by atoms with Crippen LogP contribution in [0.2, 0.25) is 0 Å². The van der Waals surface area contributed by atoms with Gasteiger partial charge >= 0.3 is 34.5 Å². The predicted molar refractivity (Wildman–Crippen MR) is 43.4 cm³/mol. The Labute approximate surface area is 73.7 Å². The van der Waals surface area contributed by atoms with Crippen molar-refractivity contribution in [1.29, 1.82) is 0 Å². The van der Waals surface area contributed by atoms with Gasteiger partial charge in [0.25, 0.3) is 0 Å². The molecule has 2 heteroatoms. The molecule has 0 amide bonds. The molecule has 0 aliphatic rings. The van der Waals surface area contributed by atoms with E-state index < -0.39 is 0 Å². The molecule has 0 aliphatic heterocycles. The summed E-state index contributed by atoms with van der Waals surface area (Å²) in [6, 6.07) is 0. The molecular formula is C6H13IZn. The first kappa shape index (κ1) is 12.1. The third kappa shape index (κ3) is 15.7.